The standard InChI is InChI=1S/C17H16O6/c1-9(15(21)10-3-5-12(19)6-4-10)14-11(8-18)7-13(20)16(22)17(14)23-2/h3-8,19-22H,1-2H3/b15-9-. The van der Waals surface area contributed by atoms with E-state index in [2.05, 4.69) is 0 Å². The third-order valence-corrected chi connectivity index (χ3v) is 3.47. The number of benzene rings is 2. The van der Waals surface area contributed by atoms with Gasteiger partial charge in [-0.25, -0.2) is 0 Å². The second-order valence-corrected chi connectivity index (χ2v) is 4.88. The van der Waals surface area contributed by atoms with Gasteiger partial charge in [0.25, 0.3) is 0 Å². The van der Waals surface area contributed by atoms with Crippen LogP contribution in [0.25, 0.3) is 11.3 Å². The number of hydrogen-bond donors (Lipinski definition) is 4. The van der Waals surface area contributed by atoms with E-state index in [-0.39, 0.29) is 34.0 Å². The molecule has 0 amide bonds. The first kappa shape index (κ1) is 16.2. The summed E-state index contributed by atoms with van der Waals surface area (Å²) in [5.74, 6) is -1.24. The van der Waals surface area contributed by atoms with Crippen molar-refractivity contribution in [2.24, 2.45) is 0 Å². The fourth-order valence-corrected chi connectivity index (χ4v) is 2.29. The Hall–Kier alpha value is -3.15. The van der Waals surface area contributed by atoms with E-state index in [1.54, 1.807) is 6.92 Å². The molecule has 6 heteroatoms. The molecule has 0 aliphatic carbocycles. The van der Waals surface area contributed by atoms with E-state index in [0.29, 0.717) is 11.8 Å². The molecule has 0 radical (unpaired) electrons. The number of allylic oxidation sites excluding steroid dienone is 1. The lowest BCUT2D eigenvalue weighted by atomic mass is 9.96. The molecule has 0 aliphatic rings. The van der Waals surface area contributed by atoms with E-state index in [0.717, 1.165) is 6.07 Å². The van der Waals surface area contributed by atoms with Crippen molar-refractivity contribution in [1.29, 1.82) is 0 Å². The molecule has 2 aromatic rings. The molecule has 0 aliphatic heterocycles. The summed E-state index contributed by atoms with van der Waals surface area (Å²) in [6.45, 7) is 1.55. The highest BCUT2D eigenvalue weighted by molar-refractivity contribution is 5.96. The van der Waals surface area contributed by atoms with Gasteiger partial charge < -0.3 is 25.2 Å². The Bertz CT molecular complexity index is 775. The summed E-state index contributed by atoms with van der Waals surface area (Å²) in [6.07, 6.45) is 0.491. The average Bonchev–Trinajstić information content (AvgIpc) is 2.56. The van der Waals surface area contributed by atoms with E-state index < -0.39 is 11.5 Å². The summed E-state index contributed by atoms with van der Waals surface area (Å²) in [5, 5.41) is 39.3. The van der Waals surface area contributed by atoms with Gasteiger partial charge in [-0.05, 0) is 37.3 Å². The summed E-state index contributed by atoms with van der Waals surface area (Å²) < 4.78 is 5.07. The van der Waals surface area contributed by atoms with E-state index in [4.69, 9.17) is 4.74 Å². The second-order valence-electron chi connectivity index (χ2n) is 4.88. The van der Waals surface area contributed by atoms with Gasteiger partial charge in [-0.15, -0.1) is 0 Å². The first-order valence-electron chi connectivity index (χ1n) is 6.68. The number of methoxy groups -OCH3 is 1. The maximum Gasteiger partial charge on any atom is 0.201 e. The molecule has 0 saturated carbocycles. The number of aldehydes is 1. The maximum absolute atomic E-state index is 11.3. The molecule has 0 aromatic heterocycles. The summed E-state index contributed by atoms with van der Waals surface area (Å²) in [6, 6.07) is 6.91. The zero-order chi connectivity index (χ0) is 17.1. The lowest BCUT2D eigenvalue weighted by Crippen LogP contribution is -1.99. The average molecular weight is 316 g/mol. The van der Waals surface area contributed by atoms with Crippen LogP contribution in [0.5, 0.6) is 23.0 Å². The number of carbonyl (C=O) groups is 1. The van der Waals surface area contributed by atoms with Crippen molar-refractivity contribution in [3.8, 4) is 23.0 Å². The predicted octanol–water partition coefficient (Wildman–Crippen LogP) is 3.07. The van der Waals surface area contributed by atoms with Crippen LogP contribution in [0.15, 0.2) is 30.3 Å². The third-order valence-electron chi connectivity index (χ3n) is 3.47. The largest absolute Gasteiger partial charge is 0.508 e. The molecule has 0 unspecified atom stereocenters. The van der Waals surface area contributed by atoms with Crippen molar-refractivity contribution < 1.29 is 30.0 Å². The highest BCUT2D eigenvalue weighted by atomic mass is 16.5. The fraction of sp³-hybridized carbons (Fsp3) is 0.118. The van der Waals surface area contributed by atoms with Gasteiger partial charge in [-0.1, -0.05) is 0 Å². The molecule has 23 heavy (non-hydrogen) atoms. The Labute approximate surface area is 132 Å². The van der Waals surface area contributed by atoms with Crippen LogP contribution < -0.4 is 4.74 Å². The number of phenols is 3. The molecular formula is C17H16O6. The Balaban J connectivity index is 2.73. The first-order chi connectivity index (χ1) is 10.9. The van der Waals surface area contributed by atoms with E-state index >= 15 is 0 Å². The Kier molecular flexibility index (Phi) is 4.45. The molecule has 2 aromatic carbocycles. The van der Waals surface area contributed by atoms with Gasteiger partial charge >= 0.3 is 0 Å². The highest BCUT2D eigenvalue weighted by Gasteiger charge is 2.21. The number of rotatable bonds is 4. The van der Waals surface area contributed by atoms with Crippen molar-refractivity contribution in [2.45, 2.75) is 6.92 Å². The van der Waals surface area contributed by atoms with Crippen LogP contribution in [-0.2, 0) is 0 Å². The van der Waals surface area contributed by atoms with Gasteiger partial charge in [0.05, 0.1) is 7.11 Å². The Morgan fingerprint density at radius 1 is 1.13 bits per heavy atom. The maximum atomic E-state index is 11.3. The SMILES string of the molecule is COc1c(O)c(O)cc(C=O)c1/C(C)=C(\O)c1ccc(O)cc1. The number of ether oxygens (including phenoxy) is 1. The number of phenolic OH excluding ortho intramolecular Hbond substituents is 3. The van der Waals surface area contributed by atoms with Crippen LogP contribution >= 0.6 is 0 Å². The molecule has 6 nitrogen and oxygen atoms in total. The van der Waals surface area contributed by atoms with Crippen LogP contribution in [0.1, 0.15) is 28.4 Å². The topological polar surface area (TPSA) is 107 Å². The molecule has 0 heterocycles. The summed E-state index contributed by atoms with van der Waals surface area (Å²) in [7, 11) is 1.28. The number of hydrogen-bond acceptors (Lipinski definition) is 6. The van der Waals surface area contributed by atoms with Crippen molar-refractivity contribution in [3.05, 3.63) is 47.0 Å². The highest BCUT2D eigenvalue weighted by Crippen LogP contribution is 2.44. The third kappa shape index (κ3) is 2.91. The van der Waals surface area contributed by atoms with E-state index in [1.165, 1.54) is 31.4 Å². The summed E-state index contributed by atoms with van der Waals surface area (Å²) in [5.41, 5.74) is 0.903. The Morgan fingerprint density at radius 2 is 1.74 bits per heavy atom. The lowest BCUT2D eigenvalue weighted by molar-refractivity contribution is 0.112. The molecule has 0 bridgehead atoms. The lowest BCUT2D eigenvalue weighted by Gasteiger charge is -2.16. The summed E-state index contributed by atoms with van der Waals surface area (Å²) in [4.78, 5) is 11.3. The minimum absolute atomic E-state index is 0.0487. The van der Waals surface area contributed by atoms with Crippen LogP contribution in [0.3, 0.4) is 0 Å². The zero-order valence-electron chi connectivity index (χ0n) is 12.6. The monoisotopic (exact) mass is 316 g/mol. The quantitative estimate of drug-likeness (QED) is 0.299. The van der Waals surface area contributed by atoms with Crippen molar-refractivity contribution in [3.63, 3.8) is 0 Å². The number of aromatic hydroxyl groups is 3. The number of aliphatic hydroxyl groups excluding tert-OH is 1. The first-order valence-corrected chi connectivity index (χ1v) is 6.68. The molecule has 0 spiro atoms. The van der Waals surface area contributed by atoms with E-state index in [9.17, 15) is 25.2 Å². The van der Waals surface area contributed by atoms with Crippen molar-refractivity contribution in [2.75, 3.05) is 7.11 Å². The molecular weight excluding hydrogens is 300 g/mol. The minimum atomic E-state index is -0.522. The van der Waals surface area contributed by atoms with Crippen LogP contribution in [-0.4, -0.2) is 33.8 Å². The molecule has 0 saturated heterocycles. The molecule has 0 fully saturated rings. The van der Waals surface area contributed by atoms with Gasteiger partial charge in [0.15, 0.2) is 17.8 Å². The molecule has 120 valence electrons. The molecule has 0 atom stereocenters. The Morgan fingerprint density at radius 3 is 2.26 bits per heavy atom. The van der Waals surface area contributed by atoms with Gasteiger partial charge in [-0.2, -0.15) is 0 Å². The second kappa shape index (κ2) is 6.31. The smallest absolute Gasteiger partial charge is 0.201 e. The van der Waals surface area contributed by atoms with Crippen LogP contribution in [0.4, 0.5) is 0 Å². The van der Waals surface area contributed by atoms with Crippen LogP contribution in [0.2, 0.25) is 0 Å². The predicted molar refractivity (Wildman–Crippen MR) is 84.9 cm³/mol. The fourth-order valence-electron chi connectivity index (χ4n) is 2.29. The molecule has 2 rings (SSSR count). The van der Waals surface area contributed by atoms with Gasteiger partial charge in [0.1, 0.15) is 11.5 Å². The van der Waals surface area contributed by atoms with E-state index in [1.807, 2.05) is 0 Å². The van der Waals surface area contributed by atoms with Crippen molar-refractivity contribution >= 4 is 17.6 Å². The molecule has 4 N–H and O–H groups in total. The minimum Gasteiger partial charge on any atom is -0.508 e. The summed E-state index contributed by atoms with van der Waals surface area (Å²) >= 11 is 0. The van der Waals surface area contributed by atoms with Gasteiger partial charge in [-0.3, -0.25) is 4.79 Å². The van der Waals surface area contributed by atoms with Gasteiger partial charge in [0, 0.05) is 22.3 Å². The zero-order valence-corrected chi connectivity index (χ0v) is 12.6. The number of aliphatic hydroxyl groups is 1. The van der Waals surface area contributed by atoms with Crippen LogP contribution in [0, 0.1) is 0 Å². The number of carbonyl (C=O) groups excluding carboxylic acids is 1. The van der Waals surface area contributed by atoms with Gasteiger partial charge in [0.2, 0.25) is 5.75 Å². The van der Waals surface area contributed by atoms with Crippen molar-refractivity contribution in [1.82, 2.24) is 0 Å². The normalized spacial score (nSPS) is 11.7.